The Morgan fingerprint density at radius 3 is 2.47 bits per heavy atom. The van der Waals surface area contributed by atoms with Crippen LogP contribution in [-0.4, -0.2) is 103 Å². The highest BCUT2D eigenvalue weighted by atomic mass is 35.5. The number of nitrogens with two attached hydrogens (primary N) is 2. The van der Waals surface area contributed by atoms with E-state index < -0.39 is 62.3 Å². The Balaban J connectivity index is 1.22. The average Bonchev–Trinajstić information content (AvgIpc) is 3.68. The summed E-state index contributed by atoms with van der Waals surface area (Å²) in [4.78, 5) is 31.7. The first-order chi connectivity index (χ1) is 28.3. The van der Waals surface area contributed by atoms with E-state index in [1.807, 2.05) is 6.92 Å². The number of hydrogen-bond acceptors (Lipinski definition) is 12. The fourth-order valence-corrected chi connectivity index (χ4v) is 8.42. The largest absolute Gasteiger partial charge is 0.489 e. The molecule has 7 rings (SSSR count). The molecule has 13 nitrogen and oxygen atoms in total. The number of carbonyl (C=O) groups excluding carboxylic acids is 1. The van der Waals surface area contributed by atoms with Crippen LogP contribution >= 0.6 is 11.6 Å². The van der Waals surface area contributed by atoms with Crippen LogP contribution in [0.2, 0.25) is 5.02 Å². The van der Waals surface area contributed by atoms with Crippen molar-refractivity contribution in [2.75, 3.05) is 82.1 Å². The molecule has 318 valence electrons. The van der Waals surface area contributed by atoms with E-state index in [0.29, 0.717) is 51.1 Å². The molecule has 1 amide bonds. The zero-order valence-corrected chi connectivity index (χ0v) is 33.5. The number of nitrogens with zero attached hydrogens (tertiary/aromatic N) is 6. The Labute approximate surface area is 342 Å². The Morgan fingerprint density at radius 2 is 1.76 bits per heavy atom. The number of anilines is 3. The third kappa shape index (κ3) is 8.71. The molecule has 0 aliphatic carbocycles. The molecule has 2 fully saturated rings. The molecule has 3 aliphatic heterocycles. The minimum atomic E-state index is -5.12. The summed E-state index contributed by atoms with van der Waals surface area (Å²) < 4.78 is 100.0. The topological polar surface area (TPSA) is 154 Å². The second-order valence-electron chi connectivity index (χ2n) is 14.8. The Hall–Kier alpha value is -4.94. The van der Waals surface area contributed by atoms with Gasteiger partial charge in [0.25, 0.3) is 0 Å². The number of carbonyl (C=O) groups is 1. The molecule has 59 heavy (non-hydrogen) atoms. The van der Waals surface area contributed by atoms with Gasteiger partial charge in [-0.15, -0.1) is 0 Å². The van der Waals surface area contributed by atoms with E-state index in [1.54, 1.807) is 21.9 Å². The van der Waals surface area contributed by atoms with Crippen molar-refractivity contribution >= 4 is 45.9 Å². The number of aryl methyl sites for hydroxylation is 1. The van der Waals surface area contributed by atoms with Gasteiger partial charge in [0.2, 0.25) is 0 Å². The lowest BCUT2D eigenvalue weighted by Crippen LogP contribution is -2.43. The summed E-state index contributed by atoms with van der Waals surface area (Å²) in [7, 11) is 0. The fraction of sp³-hybridized carbons (Fsp3) is 0.500. The van der Waals surface area contributed by atoms with Crippen LogP contribution in [0.15, 0.2) is 24.4 Å². The Kier molecular flexibility index (Phi) is 12.7. The lowest BCUT2D eigenvalue weighted by atomic mass is 9.92. The molecule has 2 aromatic carbocycles. The molecule has 0 saturated carbocycles. The van der Waals surface area contributed by atoms with Gasteiger partial charge in [-0.2, -0.15) is 23.1 Å². The lowest BCUT2D eigenvalue weighted by molar-refractivity contribution is -0.137. The fourth-order valence-electron chi connectivity index (χ4n) is 8.09. The predicted octanol–water partition coefficient (Wildman–Crippen LogP) is 7.56. The third-order valence-corrected chi connectivity index (χ3v) is 11.5. The second kappa shape index (κ2) is 17.7. The van der Waals surface area contributed by atoms with Crippen LogP contribution in [0.3, 0.4) is 0 Å². The van der Waals surface area contributed by atoms with Crippen LogP contribution in [0.1, 0.15) is 61.8 Å². The number of benzene rings is 2. The van der Waals surface area contributed by atoms with Crippen molar-refractivity contribution < 1.29 is 45.7 Å². The van der Waals surface area contributed by atoms with Gasteiger partial charge in [0.05, 0.1) is 54.1 Å². The van der Waals surface area contributed by atoms with E-state index in [0.717, 1.165) is 38.9 Å². The summed E-state index contributed by atoms with van der Waals surface area (Å²) in [5.41, 5.74) is 7.60. The van der Waals surface area contributed by atoms with E-state index in [1.165, 1.54) is 6.20 Å². The van der Waals surface area contributed by atoms with Gasteiger partial charge >= 0.3 is 18.3 Å². The highest BCUT2D eigenvalue weighted by Gasteiger charge is 2.41. The summed E-state index contributed by atoms with van der Waals surface area (Å²) >= 11 is 6.77. The highest BCUT2D eigenvalue weighted by molar-refractivity contribution is 6.36. The maximum absolute atomic E-state index is 17.1. The van der Waals surface area contributed by atoms with Crippen molar-refractivity contribution in [3.8, 4) is 22.9 Å². The van der Waals surface area contributed by atoms with Crippen LogP contribution in [0, 0.1) is 18.6 Å². The molecule has 19 heteroatoms. The molecule has 2 atom stereocenters. The molecule has 4 N–H and O–H groups in total. The van der Waals surface area contributed by atoms with Crippen LogP contribution in [0.4, 0.5) is 44.1 Å². The number of likely N-dealkylation sites (tertiary alicyclic amines) is 1. The van der Waals surface area contributed by atoms with Crippen molar-refractivity contribution in [2.45, 2.75) is 64.2 Å². The van der Waals surface area contributed by atoms with Gasteiger partial charge in [-0.1, -0.05) is 17.7 Å². The molecule has 3 aliphatic rings. The number of morpholine rings is 1. The predicted molar refractivity (Wildman–Crippen MR) is 212 cm³/mol. The highest BCUT2D eigenvalue weighted by Crippen LogP contribution is 2.52. The van der Waals surface area contributed by atoms with Gasteiger partial charge in [-0.05, 0) is 76.7 Å². The molecular formula is C40H46ClF5N8O5. The van der Waals surface area contributed by atoms with Crippen molar-refractivity contribution in [3.63, 3.8) is 0 Å². The van der Waals surface area contributed by atoms with E-state index >= 15 is 8.78 Å². The number of rotatable bonds is 12. The molecule has 2 aromatic heterocycles. The number of amides is 1. The number of ether oxygens (including phenoxy) is 4. The van der Waals surface area contributed by atoms with Gasteiger partial charge < -0.3 is 40.2 Å². The van der Waals surface area contributed by atoms with Gasteiger partial charge in [0.15, 0.2) is 17.4 Å². The van der Waals surface area contributed by atoms with Crippen molar-refractivity contribution in [1.82, 2.24) is 24.8 Å². The van der Waals surface area contributed by atoms with Crippen molar-refractivity contribution in [1.29, 1.82) is 0 Å². The summed E-state index contributed by atoms with van der Waals surface area (Å²) in [5.74, 6) is -2.74. The number of halogens is 6. The van der Waals surface area contributed by atoms with Crippen LogP contribution in [0.25, 0.3) is 22.0 Å². The molecule has 0 radical (unpaired) electrons. The van der Waals surface area contributed by atoms with Crippen molar-refractivity contribution in [3.05, 3.63) is 57.7 Å². The summed E-state index contributed by atoms with van der Waals surface area (Å²) in [6.45, 7) is 7.01. The first-order valence-corrected chi connectivity index (χ1v) is 20.0. The Bertz CT molecular complexity index is 2190. The quantitative estimate of drug-likeness (QED) is 0.0822. The van der Waals surface area contributed by atoms with E-state index in [-0.39, 0.29) is 67.3 Å². The maximum Gasteiger partial charge on any atom is 0.417 e. The molecule has 2 unspecified atom stereocenters. The third-order valence-electron chi connectivity index (χ3n) is 11.1. The molecule has 2 saturated heterocycles. The summed E-state index contributed by atoms with van der Waals surface area (Å²) in [6.07, 6.45) is 0.0422. The average molecular weight is 849 g/mol. The first kappa shape index (κ1) is 42.2. The maximum atomic E-state index is 17.1. The standard InChI is InChI=1S/C40H46ClF5N8O5/c1-22-20-26(47)32(42)27(30(22)40(44,45)46)28-31(41)35-29-34(33(28)43)50-38(51-37(29)54(15-19-57-35)23(2)25-9-7-10-49-36(25)48)58-16-6-3-8-24(52-11-4-5-12-52)21-59-39(55)53-13-17-56-18-14-53/h7,9-10,20,23-24H,3-6,8,11-19,21,47H2,1-2H3,(H2,48,49). The zero-order chi connectivity index (χ0) is 42.0. The minimum absolute atomic E-state index is 0.00379. The van der Waals surface area contributed by atoms with Gasteiger partial charge in [0.1, 0.15) is 30.4 Å². The Morgan fingerprint density at radius 1 is 1.02 bits per heavy atom. The smallest absolute Gasteiger partial charge is 0.417 e. The lowest BCUT2D eigenvalue weighted by Gasteiger charge is -2.30. The number of hydrogen-bond donors (Lipinski definition) is 2. The second-order valence-corrected chi connectivity index (χ2v) is 15.2. The zero-order valence-electron chi connectivity index (χ0n) is 32.7. The number of aromatic nitrogens is 3. The molecule has 0 bridgehead atoms. The molecular weight excluding hydrogens is 803 g/mol. The number of nitrogen functional groups attached to an aromatic ring is 2. The number of alkyl halides is 3. The van der Waals surface area contributed by atoms with Gasteiger partial charge in [-0.3, -0.25) is 4.90 Å². The van der Waals surface area contributed by atoms with Gasteiger partial charge in [0, 0.05) is 42.0 Å². The SMILES string of the molecule is Cc1cc(N)c(F)c(-c2c(Cl)c3c4c(nc(OCCCCC(COC(=O)N5CCOCC5)N5CCCC5)nc4c2F)N(C(C)c2cccnc2N)CCO3)c1C(F)(F)F. The van der Waals surface area contributed by atoms with Gasteiger partial charge in [-0.25, -0.2) is 18.6 Å². The van der Waals surface area contributed by atoms with Crippen molar-refractivity contribution in [2.24, 2.45) is 0 Å². The first-order valence-electron chi connectivity index (χ1n) is 19.6. The van der Waals surface area contributed by atoms with E-state index in [2.05, 4.69) is 14.9 Å². The molecule has 4 aromatic rings. The summed E-state index contributed by atoms with van der Waals surface area (Å²) in [5, 5.41) is -0.661. The number of unbranched alkanes of at least 4 members (excludes halogenated alkanes) is 1. The minimum Gasteiger partial charge on any atom is -0.489 e. The van der Waals surface area contributed by atoms with E-state index in [9.17, 15) is 18.0 Å². The van der Waals surface area contributed by atoms with Crippen LogP contribution in [0.5, 0.6) is 11.8 Å². The molecule has 0 spiro atoms. The number of pyridine rings is 1. The molecule has 5 heterocycles. The monoisotopic (exact) mass is 848 g/mol. The van der Waals surface area contributed by atoms with E-state index in [4.69, 9.17) is 47.0 Å². The van der Waals surface area contributed by atoms with Crippen LogP contribution in [-0.2, 0) is 15.7 Å². The summed E-state index contributed by atoms with van der Waals surface area (Å²) in [6, 6.07) is 3.50. The van der Waals surface area contributed by atoms with Crippen LogP contribution < -0.4 is 25.8 Å². The normalized spacial score (nSPS) is 17.2.